The average molecular weight is 319 g/mol. The van der Waals surface area contributed by atoms with Crippen LogP contribution in [-0.4, -0.2) is 15.0 Å². The summed E-state index contributed by atoms with van der Waals surface area (Å²) in [6.45, 7) is 0.185. The minimum atomic E-state index is -3.43. The molecule has 0 saturated heterocycles. The van der Waals surface area contributed by atoms with Gasteiger partial charge in [0.1, 0.15) is 4.21 Å². The minimum absolute atomic E-state index is 0. The molecular weight excluding hydrogens is 304 g/mol. The maximum Gasteiger partial charge on any atom is 0.250 e. The number of thiophene rings is 1. The van der Waals surface area contributed by atoms with Crippen LogP contribution in [0.4, 0.5) is 0 Å². The molecule has 1 heterocycles. The van der Waals surface area contributed by atoms with E-state index in [2.05, 4.69) is 4.72 Å². The van der Waals surface area contributed by atoms with Crippen LogP contribution in [0.5, 0.6) is 0 Å². The molecule has 1 atom stereocenters. The number of halogens is 1. The van der Waals surface area contributed by atoms with Gasteiger partial charge in [0.25, 0.3) is 0 Å². The lowest BCUT2D eigenvalue weighted by atomic mass is 10.1. The number of hydrogen-bond donors (Lipinski definition) is 2. The van der Waals surface area contributed by atoms with Gasteiger partial charge in [-0.25, -0.2) is 13.1 Å². The average Bonchev–Trinajstić information content (AvgIpc) is 2.92. The third-order valence-corrected chi connectivity index (χ3v) is 5.30. The molecule has 0 spiro atoms. The summed E-state index contributed by atoms with van der Waals surface area (Å²) in [5, 5.41) is 1.73. The molecule has 0 bridgehead atoms. The molecule has 2 aromatic rings. The van der Waals surface area contributed by atoms with Crippen molar-refractivity contribution in [3.05, 3.63) is 53.4 Å². The largest absolute Gasteiger partial charge is 0.323 e. The van der Waals surface area contributed by atoms with Gasteiger partial charge < -0.3 is 5.73 Å². The van der Waals surface area contributed by atoms with E-state index in [1.165, 1.54) is 11.3 Å². The van der Waals surface area contributed by atoms with Gasteiger partial charge in [-0.1, -0.05) is 36.4 Å². The van der Waals surface area contributed by atoms with Crippen LogP contribution in [0, 0.1) is 0 Å². The highest BCUT2D eigenvalue weighted by atomic mass is 35.5. The van der Waals surface area contributed by atoms with Crippen molar-refractivity contribution in [3.8, 4) is 0 Å². The van der Waals surface area contributed by atoms with E-state index in [-0.39, 0.29) is 25.0 Å². The Bertz CT molecular complexity index is 585. The maximum atomic E-state index is 11.9. The molecule has 0 aliphatic heterocycles. The second-order valence-electron chi connectivity index (χ2n) is 3.80. The Morgan fingerprint density at radius 3 is 2.42 bits per heavy atom. The van der Waals surface area contributed by atoms with E-state index < -0.39 is 10.0 Å². The van der Waals surface area contributed by atoms with Crippen molar-refractivity contribution in [2.24, 2.45) is 5.73 Å². The number of sulfonamides is 1. The second kappa shape index (κ2) is 7.02. The number of rotatable bonds is 5. The number of benzene rings is 1. The smallest absolute Gasteiger partial charge is 0.250 e. The third kappa shape index (κ3) is 4.29. The zero-order valence-corrected chi connectivity index (χ0v) is 12.5. The van der Waals surface area contributed by atoms with E-state index in [9.17, 15) is 8.42 Å². The van der Waals surface area contributed by atoms with Crippen LogP contribution >= 0.6 is 23.7 Å². The monoisotopic (exact) mass is 318 g/mol. The molecule has 0 aliphatic rings. The van der Waals surface area contributed by atoms with Crippen molar-refractivity contribution >= 4 is 33.8 Å². The van der Waals surface area contributed by atoms with Crippen LogP contribution in [0.25, 0.3) is 0 Å². The minimum Gasteiger partial charge on any atom is -0.323 e. The summed E-state index contributed by atoms with van der Waals surface area (Å²) in [5.41, 5.74) is 6.84. The summed E-state index contributed by atoms with van der Waals surface area (Å²) >= 11 is 1.19. The summed E-state index contributed by atoms with van der Waals surface area (Å²) in [7, 11) is -3.43. The van der Waals surface area contributed by atoms with E-state index in [4.69, 9.17) is 5.73 Å². The molecule has 4 nitrogen and oxygen atoms in total. The van der Waals surface area contributed by atoms with Gasteiger partial charge in [-0.2, -0.15) is 0 Å². The first-order chi connectivity index (χ1) is 8.59. The summed E-state index contributed by atoms with van der Waals surface area (Å²) in [5.74, 6) is 0. The Morgan fingerprint density at radius 1 is 1.16 bits per heavy atom. The van der Waals surface area contributed by atoms with Gasteiger partial charge >= 0.3 is 0 Å². The third-order valence-electron chi connectivity index (χ3n) is 2.48. The van der Waals surface area contributed by atoms with Crippen molar-refractivity contribution < 1.29 is 8.42 Å². The Hall–Kier alpha value is -0.920. The molecule has 2 rings (SSSR count). The van der Waals surface area contributed by atoms with Crippen molar-refractivity contribution in [3.63, 3.8) is 0 Å². The SMILES string of the molecule is Cl.NC(CNS(=O)(=O)c1cccs1)c1ccccc1. The molecule has 104 valence electrons. The molecule has 1 aromatic carbocycles. The van der Waals surface area contributed by atoms with E-state index in [1.807, 2.05) is 30.3 Å². The molecule has 1 aromatic heterocycles. The van der Waals surface area contributed by atoms with Gasteiger partial charge in [-0.15, -0.1) is 23.7 Å². The van der Waals surface area contributed by atoms with Crippen molar-refractivity contribution in [1.29, 1.82) is 0 Å². The lowest BCUT2D eigenvalue weighted by Crippen LogP contribution is -2.31. The fourth-order valence-corrected chi connectivity index (χ4v) is 3.60. The topological polar surface area (TPSA) is 72.2 Å². The first-order valence-electron chi connectivity index (χ1n) is 5.43. The van der Waals surface area contributed by atoms with E-state index in [0.29, 0.717) is 4.21 Å². The quantitative estimate of drug-likeness (QED) is 0.887. The van der Waals surface area contributed by atoms with Crippen LogP contribution in [0.15, 0.2) is 52.1 Å². The highest BCUT2D eigenvalue weighted by molar-refractivity contribution is 7.91. The van der Waals surface area contributed by atoms with E-state index in [1.54, 1.807) is 17.5 Å². The standard InChI is InChI=1S/C12H14N2O2S2.ClH/c13-11(10-5-2-1-3-6-10)9-14-18(15,16)12-7-4-8-17-12;/h1-8,11,14H,9,13H2;1H. The highest BCUT2D eigenvalue weighted by Gasteiger charge is 2.16. The molecule has 0 saturated carbocycles. The van der Waals surface area contributed by atoms with Crippen LogP contribution in [0.1, 0.15) is 11.6 Å². The Morgan fingerprint density at radius 2 is 1.84 bits per heavy atom. The highest BCUT2D eigenvalue weighted by Crippen LogP contribution is 2.16. The predicted molar refractivity (Wildman–Crippen MR) is 80.1 cm³/mol. The molecule has 19 heavy (non-hydrogen) atoms. The number of nitrogens with one attached hydrogen (secondary N) is 1. The van der Waals surface area contributed by atoms with Gasteiger partial charge in [-0.05, 0) is 17.0 Å². The molecule has 0 fully saturated rings. The summed E-state index contributed by atoms with van der Waals surface area (Å²) in [6, 6.07) is 12.3. The lowest BCUT2D eigenvalue weighted by Gasteiger charge is -2.12. The second-order valence-corrected chi connectivity index (χ2v) is 6.74. The fourth-order valence-electron chi connectivity index (χ4n) is 1.51. The Balaban J connectivity index is 0.00000180. The van der Waals surface area contributed by atoms with Crippen molar-refractivity contribution in [2.45, 2.75) is 10.3 Å². The zero-order valence-electron chi connectivity index (χ0n) is 10.0. The normalized spacial score (nSPS) is 12.7. The Kier molecular flexibility index (Phi) is 5.96. The first kappa shape index (κ1) is 16.1. The molecule has 0 amide bonds. The number of hydrogen-bond acceptors (Lipinski definition) is 4. The van der Waals surface area contributed by atoms with Crippen molar-refractivity contribution in [1.82, 2.24) is 4.72 Å². The van der Waals surface area contributed by atoms with Crippen molar-refractivity contribution in [2.75, 3.05) is 6.54 Å². The molecule has 0 radical (unpaired) electrons. The predicted octanol–water partition coefficient (Wildman–Crippen LogP) is 2.15. The van der Waals surface area contributed by atoms with E-state index >= 15 is 0 Å². The van der Waals surface area contributed by atoms with Gasteiger partial charge in [-0.3, -0.25) is 0 Å². The van der Waals surface area contributed by atoms with Crippen LogP contribution in [0.2, 0.25) is 0 Å². The van der Waals surface area contributed by atoms with E-state index in [0.717, 1.165) is 5.56 Å². The van der Waals surface area contributed by atoms with Gasteiger partial charge in [0.15, 0.2) is 0 Å². The summed E-state index contributed by atoms with van der Waals surface area (Å²) < 4.78 is 26.6. The maximum absolute atomic E-state index is 11.9. The van der Waals surface area contributed by atoms with Crippen LogP contribution in [0.3, 0.4) is 0 Å². The summed E-state index contributed by atoms with van der Waals surface area (Å²) in [4.78, 5) is 0. The molecule has 1 unspecified atom stereocenters. The van der Waals surface area contributed by atoms with Gasteiger partial charge in [0.05, 0.1) is 0 Å². The summed E-state index contributed by atoms with van der Waals surface area (Å²) in [6.07, 6.45) is 0. The molecule has 7 heteroatoms. The Labute approximate surface area is 123 Å². The van der Waals surface area contributed by atoms with Gasteiger partial charge in [0.2, 0.25) is 10.0 Å². The lowest BCUT2D eigenvalue weighted by molar-refractivity contribution is 0.574. The molecular formula is C12H15ClN2O2S2. The number of nitrogens with two attached hydrogens (primary N) is 1. The first-order valence-corrected chi connectivity index (χ1v) is 7.79. The zero-order chi connectivity index (χ0) is 13.0. The molecule has 0 aliphatic carbocycles. The van der Waals surface area contributed by atoms with Crippen LogP contribution < -0.4 is 10.5 Å². The fraction of sp³-hybridized carbons (Fsp3) is 0.167. The van der Waals surface area contributed by atoms with Gasteiger partial charge in [0, 0.05) is 12.6 Å². The molecule has 3 N–H and O–H groups in total. The van der Waals surface area contributed by atoms with Crippen LogP contribution in [-0.2, 0) is 10.0 Å².